The van der Waals surface area contributed by atoms with Crippen LogP contribution >= 0.6 is 0 Å². The van der Waals surface area contributed by atoms with E-state index in [0.717, 1.165) is 6.07 Å². The molecule has 0 amide bonds. The Morgan fingerprint density at radius 2 is 1.94 bits per heavy atom. The van der Waals surface area contributed by atoms with Crippen LogP contribution in [0.4, 0.5) is 5.69 Å². The molecule has 1 fully saturated rings. The Bertz CT molecular complexity index is 608. The molecule has 0 saturated heterocycles. The highest BCUT2D eigenvalue weighted by molar-refractivity contribution is 7.93. The molecule has 1 saturated carbocycles. The van der Waals surface area contributed by atoms with Crippen LogP contribution in [-0.2, 0) is 14.6 Å². The van der Waals surface area contributed by atoms with Crippen molar-refractivity contribution in [2.24, 2.45) is 0 Å². The molecule has 2 rings (SSSR count). The number of nitro benzene ring substituents is 1. The van der Waals surface area contributed by atoms with Crippen molar-refractivity contribution in [2.45, 2.75) is 29.4 Å². The van der Waals surface area contributed by atoms with Gasteiger partial charge in [0.25, 0.3) is 5.69 Å². The van der Waals surface area contributed by atoms with Gasteiger partial charge in [0.05, 0.1) is 4.92 Å². The fourth-order valence-corrected chi connectivity index (χ4v) is 4.06. The zero-order valence-electron chi connectivity index (χ0n) is 9.40. The lowest BCUT2D eigenvalue weighted by Gasteiger charge is -2.10. The number of Topliss-reactive ketones (excluding diaryl/α,β-unsaturated/α-hetero) is 1. The van der Waals surface area contributed by atoms with Gasteiger partial charge in [-0.25, -0.2) is 8.42 Å². The molecule has 0 aliphatic heterocycles. The first kappa shape index (κ1) is 12.7. The molecule has 7 heteroatoms. The van der Waals surface area contributed by atoms with Gasteiger partial charge < -0.3 is 0 Å². The lowest BCUT2D eigenvalue weighted by molar-refractivity contribution is -0.387. The van der Waals surface area contributed by atoms with E-state index >= 15 is 0 Å². The van der Waals surface area contributed by atoms with Crippen molar-refractivity contribution >= 4 is 21.3 Å². The third kappa shape index (κ3) is 2.01. The minimum Gasteiger partial charge on any atom is -0.298 e. The average Bonchev–Trinajstić information content (AvgIpc) is 2.76. The first-order valence-electron chi connectivity index (χ1n) is 5.44. The molecule has 0 aromatic heterocycles. The average molecular weight is 269 g/mol. The van der Waals surface area contributed by atoms with Gasteiger partial charge in [-0.3, -0.25) is 14.9 Å². The second-order valence-electron chi connectivity index (χ2n) is 4.12. The van der Waals surface area contributed by atoms with E-state index in [1.54, 1.807) is 0 Å². The van der Waals surface area contributed by atoms with E-state index < -0.39 is 25.7 Å². The van der Waals surface area contributed by atoms with Gasteiger partial charge in [0.15, 0.2) is 15.6 Å². The number of carbonyl (C=O) groups excluding carboxylic acids is 1. The summed E-state index contributed by atoms with van der Waals surface area (Å²) >= 11 is 0. The Labute approximate surface area is 104 Å². The molecule has 0 heterocycles. The molecule has 1 aliphatic rings. The monoisotopic (exact) mass is 269 g/mol. The topological polar surface area (TPSA) is 94.3 Å². The second-order valence-corrected chi connectivity index (χ2v) is 6.22. The summed E-state index contributed by atoms with van der Waals surface area (Å²) in [6, 6.07) is 5.12. The smallest absolute Gasteiger partial charge is 0.287 e. The van der Waals surface area contributed by atoms with E-state index in [2.05, 4.69) is 0 Å². The van der Waals surface area contributed by atoms with Gasteiger partial charge in [-0.05, 0) is 18.9 Å². The van der Waals surface area contributed by atoms with Crippen LogP contribution in [0.25, 0.3) is 0 Å². The Kier molecular flexibility index (Phi) is 3.16. The largest absolute Gasteiger partial charge is 0.298 e. The number of ketones is 1. The summed E-state index contributed by atoms with van der Waals surface area (Å²) in [5.74, 6) is -0.354. The van der Waals surface area contributed by atoms with Crippen molar-refractivity contribution < 1.29 is 18.1 Å². The summed E-state index contributed by atoms with van der Waals surface area (Å²) in [7, 11) is -3.95. The summed E-state index contributed by atoms with van der Waals surface area (Å²) in [5, 5.41) is 9.69. The van der Waals surface area contributed by atoms with E-state index in [1.165, 1.54) is 18.2 Å². The number of nitro groups is 1. The Morgan fingerprint density at radius 1 is 1.28 bits per heavy atom. The van der Waals surface area contributed by atoms with Crippen LogP contribution in [-0.4, -0.2) is 24.4 Å². The number of hydrogen-bond acceptors (Lipinski definition) is 5. The van der Waals surface area contributed by atoms with Crippen molar-refractivity contribution in [3.63, 3.8) is 0 Å². The SMILES string of the molecule is O=C1CCCC1S(=O)(=O)c1ccccc1[N+](=O)[O-]. The molecule has 0 radical (unpaired) electrons. The third-order valence-electron chi connectivity index (χ3n) is 2.99. The van der Waals surface area contributed by atoms with Crippen LogP contribution in [0.15, 0.2) is 29.2 Å². The minimum absolute atomic E-state index is 0.227. The normalized spacial score (nSPS) is 20.0. The Hall–Kier alpha value is -1.76. The number of nitrogens with zero attached hydrogens (tertiary/aromatic N) is 1. The predicted octanol–water partition coefficient (Wildman–Crippen LogP) is 1.49. The maximum Gasteiger partial charge on any atom is 0.287 e. The van der Waals surface area contributed by atoms with Crippen molar-refractivity contribution in [1.29, 1.82) is 0 Å². The van der Waals surface area contributed by atoms with Crippen molar-refractivity contribution in [1.82, 2.24) is 0 Å². The zero-order valence-corrected chi connectivity index (χ0v) is 10.2. The number of rotatable bonds is 3. The molecule has 6 nitrogen and oxygen atoms in total. The molecule has 0 N–H and O–H groups in total. The molecule has 96 valence electrons. The van der Waals surface area contributed by atoms with Crippen LogP contribution in [0.1, 0.15) is 19.3 Å². The minimum atomic E-state index is -3.95. The first-order valence-corrected chi connectivity index (χ1v) is 6.99. The number of sulfone groups is 1. The number of carbonyl (C=O) groups is 1. The van der Waals surface area contributed by atoms with E-state index in [4.69, 9.17) is 0 Å². The summed E-state index contributed by atoms with van der Waals surface area (Å²) in [4.78, 5) is 21.2. The van der Waals surface area contributed by atoms with Crippen molar-refractivity contribution in [3.05, 3.63) is 34.4 Å². The van der Waals surface area contributed by atoms with Gasteiger partial charge in [0.2, 0.25) is 0 Å². The lowest BCUT2D eigenvalue weighted by Crippen LogP contribution is -2.26. The van der Waals surface area contributed by atoms with Gasteiger partial charge in [0.1, 0.15) is 10.1 Å². The predicted molar refractivity (Wildman–Crippen MR) is 62.9 cm³/mol. The van der Waals surface area contributed by atoms with Crippen LogP contribution in [0.2, 0.25) is 0 Å². The molecule has 1 aromatic carbocycles. The van der Waals surface area contributed by atoms with Gasteiger partial charge >= 0.3 is 0 Å². The lowest BCUT2D eigenvalue weighted by atomic mass is 10.3. The molecule has 18 heavy (non-hydrogen) atoms. The summed E-state index contributed by atoms with van der Waals surface area (Å²) in [6.45, 7) is 0. The fraction of sp³-hybridized carbons (Fsp3) is 0.364. The Morgan fingerprint density at radius 3 is 2.50 bits per heavy atom. The molecule has 1 aromatic rings. The number of para-hydroxylation sites is 1. The van der Waals surface area contributed by atoms with Crippen molar-refractivity contribution in [2.75, 3.05) is 0 Å². The van der Waals surface area contributed by atoms with Crippen LogP contribution in [0, 0.1) is 10.1 Å². The standard InChI is InChI=1S/C11H11NO5S/c13-9-5-3-7-11(9)18(16,17)10-6-2-1-4-8(10)12(14)15/h1-2,4,6,11H,3,5,7H2. The molecule has 1 atom stereocenters. The summed E-state index contributed by atoms with van der Waals surface area (Å²) in [5.41, 5.74) is -0.475. The highest BCUT2D eigenvalue weighted by Gasteiger charge is 2.40. The molecule has 1 unspecified atom stereocenters. The molecular weight excluding hydrogens is 258 g/mol. The highest BCUT2D eigenvalue weighted by Crippen LogP contribution is 2.31. The molecule has 1 aliphatic carbocycles. The molecular formula is C11H11NO5S. The van der Waals surface area contributed by atoms with Crippen LogP contribution in [0.5, 0.6) is 0 Å². The number of hydrogen-bond donors (Lipinski definition) is 0. The van der Waals surface area contributed by atoms with E-state index in [9.17, 15) is 23.3 Å². The van der Waals surface area contributed by atoms with E-state index in [0.29, 0.717) is 6.42 Å². The maximum atomic E-state index is 12.2. The summed E-state index contributed by atoms with van der Waals surface area (Å²) < 4.78 is 24.5. The van der Waals surface area contributed by atoms with Crippen molar-refractivity contribution in [3.8, 4) is 0 Å². The summed E-state index contributed by atoms with van der Waals surface area (Å²) in [6.07, 6.45) is 0.987. The van der Waals surface area contributed by atoms with Gasteiger partial charge in [-0.15, -0.1) is 0 Å². The third-order valence-corrected chi connectivity index (χ3v) is 5.20. The first-order chi connectivity index (χ1) is 8.44. The molecule has 0 spiro atoms. The number of benzene rings is 1. The molecule has 0 bridgehead atoms. The van der Waals surface area contributed by atoms with Crippen LogP contribution in [0.3, 0.4) is 0 Å². The zero-order chi connectivity index (χ0) is 13.3. The maximum absolute atomic E-state index is 12.2. The van der Waals surface area contributed by atoms with Gasteiger partial charge in [-0.2, -0.15) is 0 Å². The van der Waals surface area contributed by atoms with E-state index in [1.807, 2.05) is 0 Å². The Balaban J connectivity index is 2.54. The quantitative estimate of drug-likeness (QED) is 0.612. The van der Waals surface area contributed by atoms with Gasteiger partial charge in [-0.1, -0.05) is 12.1 Å². The van der Waals surface area contributed by atoms with Crippen LogP contribution < -0.4 is 0 Å². The highest BCUT2D eigenvalue weighted by atomic mass is 32.2. The second kappa shape index (κ2) is 4.49. The van der Waals surface area contributed by atoms with E-state index in [-0.39, 0.29) is 23.5 Å². The fourth-order valence-electron chi connectivity index (χ4n) is 2.11. The van der Waals surface area contributed by atoms with Gasteiger partial charge in [0, 0.05) is 12.5 Å².